The van der Waals surface area contributed by atoms with Crippen LogP contribution in [-0.4, -0.2) is 52.4 Å². The topological polar surface area (TPSA) is 115 Å². The molecule has 0 radical (unpaired) electrons. The average molecular weight is 550 g/mol. The van der Waals surface area contributed by atoms with Gasteiger partial charge in [-0.15, -0.1) is 0 Å². The maximum atomic E-state index is 14.7. The molecule has 1 aromatic heterocycles. The summed E-state index contributed by atoms with van der Waals surface area (Å²) in [5.74, 6) is -4.90. The number of benzene rings is 1. The number of nitrogens with zero attached hydrogens (tertiary/aromatic N) is 3. The molecule has 0 spiro atoms. The quantitative estimate of drug-likeness (QED) is 0.529. The number of hydrogen-bond acceptors (Lipinski definition) is 5. The van der Waals surface area contributed by atoms with Crippen molar-refractivity contribution < 1.29 is 31.9 Å². The highest BCUT2D eigenvalue weighted by Crippen LogP contribution is 2.34. The van der Waals surface area contributed by atoms with Crippen LogP contribution in [0.1, 0.15) is 52.6 Å². The summed E-state index contributed by atoms with van der Waals surface area (Å²) in [6.07, 6.45) is -2.12. The van der Waals surface area contributed by atoms with Gasteiger partial charge in [-0.1, -0.05) is 46.8 Å². The van der Waals surface area contributed by atoms with Gasteiger partial charge >= 0.3 is 12.1 Å². The lowest BCUT2D eigenvalue weighted by atomic mass is 9.84. The third-order valence-corrected chi connectivity index (χ3v) is 6.99. The van der Waals surface area contributed by atoms with E-state index < -0.39 is 53.3 Å². The Bertz CT molecular complexity index is 1290. The van der Waals surface area contributed by atoms with Gasteiger partial charge in [0.1, 0.15) is 23.9 Å². The standard InChI is InChI=1S/C27H31F4N5O3/c1-14(2)16-9-10-36(24(38)22(26(3,4)5)35-25(39)27(29,30)31)21(16)23(37)34-19(11-32)17-13-33-12-15-7-6-8-18(28)20(15)17/h6-8,12-14,16,19,21-22H,9-10H2,1-5H3,(H,34,37)(H,35,39)/t16?,19?,21-,22+/m0/s1. The van der Waals surface area contributed by atoms with Crippen LogP contribution in [0.15, 0.2) is 30.6 Å². The number of aromatic nitrogens is 1. The predicted octanol–water partition coefficient (Wildman–Crippen LogP) is 4.02. The fourth-order valence-corrected chi connectivity index (χ4v) is 4.97. The van der Waals surface area contributed by atoms with Gasteiger partial charge in [0.25, 0.3) is 0 Å². The first-order chi connectivity index (χ1) is 18.1. The molecule has 3 amide bonds. The van der Waals surface area contributed by atoms with Crippen LogP contribution in [0.25, 0.3) is 10.8 Å². The van der Waals surface area contributed by atoms with E-state index in [1.807, 2.05) is 19.9 Å². The van der Waals surface area contributed by atoms with Crippen LogP contribution in [0.3, 0.4) is 0 Å². The van der Waals surface area contributed by atoms with Crippen molar-refractivity contribution in [1.82, 2.24) is 20.5 Å². The van der Waals surface area contributed by atoms with Gasteiger partial charge in [-0.3, -0.25) is 19.4 Å². The second-order valence-electron chi connectivity index (χ2n) is 11.1. The zero-order valence-electron chi connectivity index (χ0n) is 22.3. The fourth-order valence-electron chi connectivity index (χ4n) is 4.97. The highest BCUT2D eigenvalue weighted by atomic mass is 19.4. The zero-order chi connectivity index (χ0) is 29.3. The van der Waals surface area contributed by atoms with E-state index >= 15 is 0 Å². The van der Waals surface area contributed by atoms with Crippen molar-refractivity contribution in [1.29, 1.82) is 5.26 Å². The van der Waals surface area contributed by atoms with E-state index in [9.17, 15) is 37.2 Å². The van der Waals surface area contributed by atoms with E-state index in [2.05, 4.69) is 10.3 Å². The van der Waals surface area contributed by atoms with E-state index in [1.54, 1.807) is 11.4 Å². The van der Waals surface area contributed by atoms with Crippen LogP contribution in [0, 0.1) is 34.4 Å². The van der Waals surface area contributed by atoms with Crippen LogP contribution in [0.5, 0.6) is 0 Å². The molecule has 210 valence electrons. The third kappa shape index (κ3) is 6.29. The molecule has 8 nitrogen and oxygen atoms in total. The summed E-state index contributed by atoms with van der Waals surface area (Å²) in [4.78, 5) is 44.2. The van der Waals surface area contributed by atoms with Crippen molar-refractivity contribution in [2.75, 3.05) is 6.54 Å². The number of likely N-dealkylation sites (tertiary alicyclic amines) is 1. The first kappa shape index (κ1) is 29.8. The van der Waals surface area contributed by atoms with Gasteiger partial charge < -0.3 is 15.5 Å². The normalized spacial score (nSPS) is 19.5. The minimum atomic E-state index is -5.20. The minimum Gasteiger partial charge on any atom is -0.336 e. The second kappa shape index (κ2) is 11.2. The molecule has 39 heavy (non-hydrogen) atoms. The molecule has 0 saturated carbocycles. The van der Waals surface area contributed by atoms with Gasteiger partial charge in [0, 0.05) is 35.3 Å². The molecule has 3 rings (SSSR count). The lowest BCUT2D eigenvalue weighted by molar-refractivity contribution is -0.176. The molecule has 1 saturated heterocycles. The number of alkyl halides is 3. The Kier molecular flexibility index (Phi) is 8.53. The highest BCUT2D eigenvalue weighted by molar-refractivity contribution is 5.95. The Labute approximate surface area is 223 Å². The molecular weight excluding hydrogens is 518 g/mol. The molecular formula is C27H31F4N5O3. The lowest BCUT2D eigenvalue weighted by Crippen LogP contribution is -2.60. The van der Waals surface area contributed by atoms with E-state index in [-0.39, 0.29) is 29.3 Å². The van der Waals surface area contributed by atoms with Crippen LogP contribution in [0.4, 0.5) is 17.6 Å². The first-order valence-corrected chi connectivity index (χ1v) is 12.5. The van der Waals surface area contributed by atoms with Crippen molar-refractivity contribution >= 4 is 28.5 Å². The number of pyridine rings is 1. The smallest absolute Gasteiger partial charge is 0.336 e. The van der Waals surface area contributed by atoms with Gasteiger partial charge in [0.05, 0.1) is 6.07 Å². The van der Waals surface area contributed by atoms with Gasteiger partial charge in [-0.05, 0) is 29.7 Å². The van der Waals surface area contributed by atoms with Crippen molar-refractivity contribution in [2.45, 2.75) is 65.3 Å². The maximum Gasteiger partial charge on any atom is 0.471 e. The summed E-state index contributed by atoms with van der Waals surface area (Å²) in [7, 11) is 0. The number of carbonyl (C=O) groups is 3. The average Bonchev–Trinajstić information content (AvgIpc) is 3.29. The van der Waals surface area contributed by atoms with Crippen molar-refractivity contribution in [3.63, 3.8) is 0 Å². The SMILES string of the molecule is CC(C)C1CCN(C(=O)[C@@H](NC(=O)C(F)(F)F)C(C)(C)C)[C@@H]1C(=O)NC(C#N)c1cncc2cccc(F)c12. The monoisotopic (exact) mass is 549 g/mol. The Hall–Kier alpha value is -3.75. The summed E-state index contributed by atoms with van der Waals surface area (Å²) in [5.41, 5.74) is -0.987. The summed E-state index contributed by atoms with van der Waals surface area (Å²) < 4.78 is 53.8. The molecule has 2 unspecified atom stereocenters. The largest absolute Gasteiger partial charge is 0.471 e. The molecule has 1 fully saturated rings. The molecule has 2 N–H and O–H groups in total. The number of rotatable bonds is 6. The predicted molar refractivity (Wildman–Crippen MR) is 134 cm³/mol. The molecule has 1 aliphatic heterocycles. The Morgan fingerprint density at radius 2 is 1.79 bits per heavy atom. The lowest BCUT2D eigenvalue weighted by Gasteiger charge is -2.37. The van der Waals surface area contributed by atoms with Gasteiger partial charge in [-0.25, -0.2) is 4.39 Å². The Balaban J connectivity index is 1.96. The molecule has 12 heteroatoms. The number of carbonyl (C=O) groups excluding carboxylic acids is 3. The number of fused-ring (bicyclic) bond motifs is 1. The van der Waals surface area contributed by atoms with E-state index in [4.69, 9.17) is 0 Å². The van der Waals surface area contributed by atoms with Gasteiger partial charge in [0.2, 0.25) is 11.8 Å². The molecule has 0 bridgehead atoms. The first-order valence-electron chi connectivity index (χ1n) is 12.5. The Morgan fingerprint density at radius 1 is 1.13 bits per heavy atom. The van der Waals surface area contributed by atoms with Crippen molar-refractivity contribution in [2.24, 2.45) is 17.3 Å². The minimum absolute atomic E-state index is 0.0654. The van der Waals surface area contributed by atoms with E-state index in [0.717, 1.165) is 0 Å². The van der Waals surface area contributed by atoms with Gasteiger partial charge in [0.15, 0.2) is 0 Å². The number of amides is 3. The molecule has 0 aliphatic carbocycles. The number of hydrogen-bond donors (Lipinski definition) is 2. The molecule has 2 aromatic rings. The second-order valence-corrected chi connectivity index (χ2v) is 11.1. The summed E-state index contributed by atoms with van der Waals surface area (Å²) >= 11 is 0. The Morgan fingerprint density at radius 3 is 2.36 bits per heavy atom. The van der Waals surface area contributed by atoms with E-state index in [1.165, 1.54) is 50.2 Å². The van der Waals surface area contributed by atoms with Crippen LogP contribution < -0.4 is 10.6 Å². The highest BCUT2D eigenvalue weighted by Gasteiger charge is 2.49. The molecule has 1 aliphatic rings. The summed E-state index contributed by atoms with van der Waals surface area (Å²) in [5, 5.41) is 14.8. The molecule has 1 aromatic carbocycles. The molecule has 2 heterocycles. The van der Waals surface area contributed by atoms with Crippen LogP contribution in [0.2, 0.25) is 0 Å². The van der Waals surface area contributed by atoms with Gasteiger partial charge in [-0.2, -0.15) is 18.4 Å². The van der Waals surface area contributed by atoms with Crippen molar-refractivity contribution in [3.05, 3.63) is 42.0 Å². The summed E-state index contributed by atoms with van der Waals surface area (Å²) in [6.45, 7) is 8.27. The third-order valence-electron chi connectivity index (χ3n) is 6.99. The zero-order valence-corrected chi connectivity index (χ0v) is 22.3. The fraction of sp³-hybridized carbons (Fsp3) is 0.519. The van der Waals surface area contributed by atoms with Crippen molar-refractivity contribution in [3.8, 4) is 6.07 Å². The number of halogens is 4. The van der Waals surface area contributed by atoms with Crippen LogP contribution in [-0.2, 0) is 14.4 Å². The summed E-state index contributed by atoms with van der Waals surface area (Å²) in [6, 6.07) is 2.24. The number of nitrogens with one attached hydrogen (secondary N) is 2. The molecule has 4 atom stereocenters. The number of nitriles is 1. The van der Waals surface area contributed by atoms with Crippen LogP contribution >= 0.6 is 0 Å². The maximum absolute atomic E-state index is 14.7. The van der Waals surface area contributed by atoms with E-state index in [0.29, 0.717) is 11.8 Å².